The van der Waals surface area contributed by atoms with Crippen LogP contribution in [0.15, 0.2) is 42.6 Å². The third-order valence-corrected chi connectivity index (χ3v) is 5.46. The van der Waals surface area contributed by atoms with Crippen molar-refractivity contribution in [2.45, 2.75) is 31.7 Å². The second-order valence-electron chi connectivity index (χ2n) is 6.97. The van der Waals surface area contributed by atoms with Gasteiger partial charge >= 0.3 is 0 Å². The molecule has 3 aromatic rings. The summed E-state index contributed by atoms with van der Waals surface area (Å²) in [6, 6.07) is 13.1. The molecule has 0 saturated carbocycles. The van der Waals surface area contributed by atoms with Crippen molar-refractivity contribution in [1.29, 1.82) is 0 Å². The summed E-state index contributed by atoms with van der Waals surface area (Å²) in [5.41, 5.74) is 5.30. The Balaban J connectivity index is 0.00000210. The molecule has 1 unspecified atom stereocenters. The molecule has 0 amide bonds. The highest BCUT2D eigenvalue weighted by atomic mass is 35.5. The lowest BCUT2D eigenvalue weighted by molar-refractivity contribution is 0.394. The molecule has 27 heavy (non-hydrogen) atoms. The fraction of sp³-hybridized carbons (Fsp3) is 0.364. The molecule has 4 rings (SSSR count). The van der Waals surface area contributed by atoms with E-state index in [1.54, 1.807) is 14.2 Å². The summed E-state index contributed by atoms with van der Waals surface area (Å²) >= 11 is 0. The number of H-pyrrole nitrogens is 1. The predicted octanol–water partition coefficient (Wildman–Crippen LogP) is 4.30. The molecule has 1 heterocycles. The van der Waals surface area contributed by atoms with Crippen LogP contribution in [0.25, 0.3) is 10.9 Å². The van der Waals surface area contributed by atoms with Gasteiger partial charge in [-0.2, -0.15) is 0 Å². The molecular weight excluding hydrogens is 360 g/mol. The SMILES string of the molecule is COc1ccc2[nH]cc(CCNC3CCc4cccc(OC)c4C3)c2c1.Cl. The van der Waals surface area contributed by atoms with Crippen molar-refractivity contribution >= 4 is 23.3 Å². The average Bonchev–Trinajstić information content (AvgIpc) is 3.09. The lowest BCUT2D eigenvalue weighted by Crippen LogP contribution is -2.36. The van der Waals surface area contributed by atoms with E-state index in [0.717, 1.165) is 42.8 Å². The zero-order chi connectivity index (χ0) is 17.9. The van der Waals surface area contributed by atoms with Gasteiger partial charge in [-0.1, -0.05) is 12.1 Å². The van der Waals surface area contributed by atoms with Crippen molar-refractivity contribution in [2.24, 2.45) is 0 Å². The number of hydrogen-bond acceptors (Lipinski definition) is 3. The van der Waals surface area contributed by atoms with Gasteiger partial charge in [-0.25, -0.2) is 0 Å². The van der Waals surface area contributed by atoms with Crippen molar-refractivity contribution in [3.63, 3.8) is 0 Å². The first kappa shape index (κ1) is 19.6. The maximum atomic E-state index is 5.55. The number of halogens is 1. The molecule has 144 valence electrons. The summed E-state index contributed by atoms with van der Waals surface area (Å²) in [4.78, 5) is 3.36. The van der Waals surface area contributed by atoms with Gasteiger partial charge in [-0.15, -0.1) is 12.4 Å². The number of aryl methyl sites for hydroxylation is 1. The van der Waals surface area contributed by atoms with E-state index in [0.29, 0.717) is 6.04 Å². The maximum absolute atomic E-state index is 5.55. The van der Waals surface area contributed by atoms with Gasteiger partial charge < -0.3 is 19.8 Å². The van der Waals surface area contributed by atoms with E-state index in [4.69, 9.17) is 9.47 Å². The Morgan fingerprint density at radius 1 is 1.15 bits per heavy atom. The molecular formula is C22H27ClN2O2. The van der Waals surface area contributed by atoms with E-state index in [2.05, 4.69) is 46.8 Å². The molecule has 2 N–H and O–H groups in total. The number of hydrogen-bond donors (Lipinski definition) is 2. The van der Waals surface area contributed by atoms with E-state index in [-0.39, 0.29) is 12.4 Å². The highest BCUT2D eigenvalue weighted by molar-refractivity contribution is 5.85. The summed E-state index contributed by atoms with van der Waals surface area (Å²) in [5, 5.41) is 5.00. The number of benzene rings is 2. The van der Waals surface area contributed by atoms with Crippen LogP contribution in [-0.4, -0.2) is 31.8 Å². The van der Waals surface area contributed by atoms with Gasteiger partial charge in [0, 0.05) is 23.1 Å². The zero-order valence-electron chi connectivity index (χ0n) is 15.9. The van der Waals surface area contributed by atoms with Crippen LogP contribution in [0.5, 0.6) is 11.5 Å². The van der Waals surface area contributed by atoms with Crippen LogP contribution in [-0.2, 0) is 19.3 Å². The second kappa shape index (κ2) is 8.68. The third kappa shape index (κ3) is 4.07. The summed E-state index contributed by atoms with van der Waals surface area (Å²) in [6.45, 7) is 0.972. The normalized spacial score (nSPS) is 15.9. The Bertz CT molecular complexity index is 892. The third-order valence-electron chi connectivity index (χ3n) is 5.46. The zero-order valence-corrected chi connectivity index (χ0v) is 16.7. The number of aromatic nitrogens is 1. The van der Waals surface area contributed by atoms with E-state index in [1.807, 2.05) is 6.07 Å². The first-order chi connectivity index (χ1) is 12.8. The summed E-state index contributed by atoms with van der Waals surface area (Å²) in [7, 11) is 3.47. The first-order valence-corrected chi connectivity index (χ1v) is 9.30. The van der Waals surface area contributed by atoms with E-state index < -0.39 is 0 Å². The van der Waals surface area contributed by atoms with Crippen molar-refractivity contribution in [2.75, 3.05) is 20.8 Å². The molecule has 4 nitrogen and oxygen atoms in total. The van der Waals surface area contributed by atoms with E-state index in [9.17, 15) is 0 Å². The molecule has 0 fully saturated rings. The predicted molar refractivity (Wildman–Crippen MR) is 113 cm³/mol. The Morgan fingerprint density at radius 2 is 2.04 bits per heavy atom. The molecule has 0 bridgehead atoms. The number of ether oxygens (including phenoxy) is 2. The average molecular weight is 387 g/mol. The summed E-state index contributed by atoms with van der Waals surface area (Å²) in [6.07, 6.45) is 6.46. The van der Waals surface area contributed by atoms with Crippen LogP contribution in [0.3, 0.4) is 0 Å². The van der Waals surface area contributed by atoms with Crippen LogP contribution in [0, 0.1) is 0 Å². The van der Waals surface area contributed by atoms with Crippen molar-refractivity contribution in [3.05, 3.63) is 59.3 Å². The standard InChI is InChI=1S/C22H26N2O2.ClH/c1-25-18-8-9-21-19(13-18)16(14-24-21)10-11-23-17-7-6-15-4-3-5-22(26-2)20(15)12-17;/h3-5,8-9,13-14,17,23-24H,6-7,10-12H2,1-2H3;1H. The van der Waals surface area contributed by atoms with Crippen molar-refractivity contribution in [3.8, 4) is 11.5 Å². The van der Waals surface area contributed by atoms with Crippen molar-refractivity contribution in [1.82, 2.24) is 10.3 Å². The monoisotopic (exact) mass is 386 g/mol. The first-order valence-electron chi connectivity index (χ1n) is 9.30. The quantitative estimate of drug-likeness (QED) is 0.664. The van der Waals surface area contributed by atoms with Gasteiger partial charge in [0.2, 0.25) is 0 Å². The Hall–Kier alpha value is -2.17. The van der Waals surface area contributed by atoms with Gasteiger partial charge in [0.1, 0.15) is 11.5 Å². The molecule has 1 atom stereocenters. The van der Waals surface area contributed by atoms with Gasteiger partial charge in [0.05, 0.1) is 14.2 Å². The number of aromatic amines is 1. The second-order valence-corrected chi connectivity index (χ2v) is 6.97. The minimum atomic E-state index is 0. The molecule has 2 aromatic carbocycles. The minimum Gasteiger partial charge on any atom is -0.497 e. The van der Waals surface area contributed by atoms with Gasteiger partial charge in [0.25, 0.3) is 0 Å². The maximum Gasteiger partial charge on any atom is 0.122 e. The lowest BCUT2D eigenvalue weighted by Gasteiger charge is -2.27. The summed E-state index contributed by atoms with van der Waals surface area (Å²) in [5.74, 6) is 1.93. The number of fused-ring (bicyclic) bond motifs is 2. The van der Waals surface area contributed by atoms with Crippen LogP contribution in [0.2, 0.25) is 0 Å². The smallest absolute Gasteiger partial charge is 0.122 e. The molecule has 0 radical (unpaired) electrons. The number of nitrogens with one attached hydrogen (secondary N) is 2. The Kier molecular flexibility index (Phi) is 6.30. The molecule has 1 aromatic heterocycles. The number of methoxy groups -OCH3 is 2. The van der Waals surface area contributed by atoms with Crippen LogP contribution < -0.4 is 14.8 Å². The largest absolute Gasteiger partial charge is 0.497 e. The van der Waals surface area contributed by atoms with Gasteiger partial charge in [-0.05, 0) is 73.2 Å². The topological polar surface area (TPSA) is 46.3 Å². The van der Waals surface area contributed by atoms with Gasteiger partial charge in [0.15, 0.2) is 0 Å². The summed E-state index contributed by atoms with van der Waals surface area (Å²) < 4.78 is 10.9. The fourth-order valence-corrected chi connectivity index (χ4v) is 4.02. The highest BCUT2D eigenvalue weighted by Crippen LogP contribution is 2.29. The minimum absolute atomic E-state index is 0. The molecule has 1 aliphatic carbocycles. The van der Waals surface area contributed by atoms with Crippen LogP contribution >= 0.6 is 12.4 Å². The van der Waals surface area contributed by atoms with E-state index in [1.165, 1.54) is 28.5 Å². The molecule has 5 heteroatoms. The highest BCUT2D eigenvalue weighted by Gasteiger charge is 2.21. The van der Waals surface area contributed by atoms with E-state index >= 15 is 0 Å². The molecule has 0 saturated heterocycles. The Morgan fingerprint density at radius 3 is 2.85 bits per heavy atom. The lowest BCUT2D eigenvalue weighted by atomic mass is 9.87. The molecule has 1 aliphatic rings. The molecule has 0 aliphatic heterocycles. The van der Waals surface area contributed by atoms with Gasteiger partial charge in [-0.3, -0.25) is 0 Å². The van der Waals surface area contributed by atoms with Crippen LogP contribution in [0.1, 0.15) is 23.1 Å². The molecule has 0 spiro atoms. The number of rotatable bonds is 6. The van der Waals surface area contributed by atoms with Crippen molar-refractivity contribution < 1.29 is 9.47 Å². The fourth-order valence-electron chi connectivity index (χ4n) is 4.02. The van der Waals surface area contributed by atoms with Crippen LogP contribution in [0.4, 0.5) is 0 Å². The Labute approximate surface area is 166 Å².